The summed E-state index contributed by atoms with van der Waals surface area (Å²) in [5.41, 5.74) is 6.79. The molecule has 1 aliphatic heterocycles. The summed E-state index contributed by atoms with van der Waals surface area (Å²) in [5, 5.41) is 0.751. The van der Waals surface area contributed by atoms with Crippen LogP contribution in [0.2, 0.25) is 0 Å². The second-order valence-corrected chi connectivity index (χ2v) is 6.70. The molecule has 1 aromatic carbocycles. The third kappa shape index (κ3) is 2.68. The van der Waals surface area contributed by atoms with Crippen LogP contribution in [0, 0.1) is 0 Å². The highest BCUT2D eigenvalue weighted by atomic mass is 79.9. The van der Waals surface area contributed by atoms with E-state index in [1.807, 2.05) is 30.0 Å². The number of nitrogens with zero attached hydrogens (tertiary/aromatic N) is 1. The molecule has 1 saturated heterocycles. The molecule has 1 aliphatic rings. The van der Waals surface area contributed by atoms with Crippen LogP contribution in [0.5, 0.6) is 0 Å². The molecule has 1 aromatic heterocycles. The topological polar surface area (TPSA) is 79.2 Å². The molecule has 0 aliphatic carbocycles. The number of likely N-dealkylation sites (tertiary alicyclic amines) is 1. The van der Waals surface area contributed by atoms with E-state index in [9.17, 15) is 9.59 Å². The van der Waals surface area contributed by atoms with Crippen LogP contribution < -0.4 is 11.3 Å². The third-order valence-corrected chi connectivity index (χ3v) is 4.90. The molecule has 5 nitrogen and oxygen atoms in total. The quantitative estimate of drug-likeness (QED) is 0.815. The Labute approximate surface area is 136 Å². The van der Waals surface area contributed by atoms with Crippen molar-refractivity contribution in [3.63, 3.8) is 0 Å². The average Bonchev–Trinajstić information content (AvgIpc) is 2.47. The molecule has 0 saturated carbocycles. The van der Waals surface area contributed by atoms with E-state index in [0.717, 1.165) is 22.7 Å². The highest BCUT2D eigenvalue weighted by molar-refractivity contribution is 9.10. The number of aromatic amines is 1. The zero-order valence-corrected chi connectivity index (χ0v) is 13.9. The van der Waals surface area contributed by atoms with E-state index in [0.29, 0.717) is 17.6 Å². The number of halogens is 1. The fourth-order valence-electron chi connectivity index (χ4n) is 3.09. The van der Waals surface area contributed by atoms with Crippen molar-refractivity contribution in [3.05, 3.63) is 44.7 Å². The third-order valence-electron chi connectivity index (χ3n) is 4.24. The fourth-order valence-corrected chi connectivity index (χ4v) is 3.55. The number of carbonyl (C=O) groups excluding carboxylic acids is 1. The molecule has 22 heavy (non-hydrogen) atoms. The van der Waals surface area contributed by atoms with Gasteiger partial charge in [-0.25, -0.2) is 0 Å². The number of hydrogen-bond acceptors (Lipinski definition) is 3. The number of nitrogens with one attached hydrogen (secondary N) is 1. The lowest BCUT2D eigenvalue weighted by Crippen LogP contribution is -2.48. The standard InChI is InChI=1S/C16H18BrN3O2/c1-9-7-10(18)5-6-20(9)16(22)12-8-14(21)19-15-11(12)3-2-4-13(15)17/h2-4,8-10H,5-7,18H2,1H3,(H,19,21)/t9-,10-/m0/s1. The molecule has 2 aromatic rings. The van der Waals surface area contributed by atoms with Crippen molar-refractivity contribution in [1.29, 1.82) is 0 Å². The lowest BCUT2D eigenvalue weighted by atomic mass is 9.97. The SMILES string of the molecule is C[C@H]1C[C@@H](N)CCN1C(=O)c1cc(=O)[nH]c2c(Br)cccc12. The van der Waals surface area contributed by atoms with E-state index in [1.165, 1.54) is 6.07 Å². The highest BCUT2D eigenvalue weighted by Gasteiger charge is 2.28. The summed E-state index contributed by atoms with van der Waals surface area (Å²) in [6.07, 6.45) is 1.58. The fraction of sp³-hybridized carbons (Fsp3) is 0.375. The Kier molecular flexibility index (Phi) is 4.06. The maximum Gasteiger partial charge on any atom is 0.254 e. The van der Waals surface area contributed by atoms with E-state index in [-0.39, 0.29) is 23.6 Å². The van der Waals surface area contributed by atoms with Crippen molar-refractivity contribution in [2.75, 3.05) is 6.54 Å². The monoisotopic (exact) mass is 363 g/mol. The molecule has 2 heterocycles. The van der Waals surface area contributed by atoms with Gasteiger partial charge in [0.05, 0.1) is 11.1 Å². The molecule has 3 N–H and O–H groups in total. The number of piperidine rings is 1. The molecule has 0 spiro atoms. The normalized spacial score (nSPS) is 22.0. The van der Waals surface area contributed by atoms with Gasteiger partial charge in [0, 0.05) is 34.6 Å². The lowest BCUT2D eigenvalue weighted by Gasteiger charge is -2.36. The minimum atomic E-state index is -0.274. The van der Waals surface area contributed by atoms with Gasteiger partial charge in [-0.15, -0.1) is 0 Å². The van der Waals surface area contributed by atoms with Crippen molar-refractivity contribution in [3.8, 4) is 0 Å². The van der Waals surface area contributed by atoms with Gasteiger partial charge in [-0.2, -0.15) is 0 Å². The minimum Gasteiger partial charge on any atom is -0.336 e. The maximum absolute atomic E-state index is 12.9. The van der Waals surface area contributed by atoms with E-state index in [2.05, 4.69) is 20.9 Å². The molecule has 6 heteroatoms. The number of nitrogens with two attached hydrogens (primary N) is 1. The summed E-state index contributed by atoms with van der Waals surface area (Å²) >= 11 is 3.42. The van der Waals surface area contributed by atoms with Gasteiger partial charge in [0.25, 0.3) is 5.91 Å². The predicted octanol–water partition coefficient (Wildman–Crippen LogP) is 2.24. The first-order valence-electron chi connectivity index (χ1n) is 7.35. The van der Waals surface area contributed by atoms with Crippen LogP contribution in [0.15, 0.2) is 33.5 Å². The Bertz CT molecular complexity index is 787. The summed E-state index contributed by atoms with van der Waals surface area (Å²) in [6.45, 7) is 2.63. The van der Waals surface area contributed by atoms with Crippen molar-refractivity contribution < 1.29 is 4.79 Å². The van der Waals surface area contributed by atoms with Gasteiger partial charge in [0.2, 0.25) is 5.56 Å². The molecule has 0 unspecified atom stereocenters. The Balaban J connectivity index is 2.08. The Morgan fingerprint density at radius 3 is 2.95 bits per heavy atom. The Morgan fingerprint density at radius 1 is 1.45 bits per heavy atom. The van der Waals surface area contributed by atoms with Gasteiger partial charge in [-0.1, -0.05) is 12.1 Å². The number of benzene rings is 1. The Morgan fingerprint density at radius 2 is 2.23 bits per heavy atom. The number of aromatic nitrogens is 1. The van der Waals surface area contributed by atoms with Crippen LogP contribution in [-0.4, -0.2) is 34.4 Å². The summed E-state index contributed by atoms with van der Waals surface area (Å²) in [4.78, 5) is 29.4. The molecule has 1 amide bonds. The van der Waals surface area contributed by atoms with E-state index in [1.54, 1.807) is 0 Å². The van der Waals surface area contributed by atoms with Crippen LogP contribution in [-0.2, 0) is 0 Å². The number of amides is 1. The molecule has 0 bridgehead atoms. The highest BCUT2D eigenvalue weighted by Crippen LogP contribution is 2.26. The van der Waals surface area contributed by atoms with E-state index < -0.39 is 0 Å². The van der Waals surface area contributed by atoms with Gasteiger partial charge in [-0.05, 0) is 41.8 Å². The van der Waals surface area contributed by atoms with Crippen molar-refractivity contribution >= 4 is 32.7 Å². The van der Waals surface area contributed by atoms with Crippen LogP contribution in [0.4, 0.5) is 0 Å². The van der Waals surface area contributed by atoms with Gasteiger partial charge in [0.15, 0.2) is 0 Å². The lowest BCUT2D eigenvalue weighted by molar-refractivity contribution is 0.0621. The first-order chi connectivity index (χ1) is 10.5. The maximum atomic E-state index is 12.9. The van der Waals surface area contributed by atoms with Crippen LogP contribution in [0.25, 0.3) is 10.9 Å². The van der Waals surface area contributed by atoms with Crippen molar-refractivity contribution in [2.45, 2.75) is 31.8 Å². The largest absolute Gasteiger partial charge is 0.336 e. The molecular weight excluding hydrogens is 346 g/mol. The summed E-state index contributed by atoms with van der Waals surface area (Å²) < 4.78 is 0.769. The summed E-state index contributed by atoms with van der Waals surface area (Å²) in [7, 11) is 0. The van der Waals surface area contributed by atoms with Crippen molar-refractivity contribution in [2.24, 2.45) is 5.73 Å². The molecular formula is C16H18BrN3O2. The number of pyridine rings is 1. The zero-order chi connectivity index (χ0) is 15.9. The summed E-state index contributed by atoms with van der Waals surface area (Å²) in [5.74, 6) is -0.103. The average molecular weight is 364 g/mol. The number of carbonyl (C=O) groups is 1. The predicted molar refractivity (Wildman–Crippen MR) is 90.0 cm³/mol. The van der Waals surface area contributed by atoms with E-state index >= 15 is 0 Å². The Hall–Kier alpha value is -1.66. The zero-order valence-electron chi connectivity index (χ0n) is 12.3. The minimum absolute atomic E-state index is 0.0812. The molecule has 0 radical (unpaired) electrons. The number of hydrogen-bond donors (Lipinski definition) is 2. The number of para-hydroxylation sites is 1. The van der Waals surface area contributed by atoms with Gasteiger partial charge in [-0.3, -0.25) is 9.59 Å². The molecule has 2 atom stereocenters. The van der Waals surface area contributed by atoms with Gasteiger partial charge in [0.1, 0.15) is 0 Å². The van der Waals surface area contributed by atoms with Crippen LogP contribution in [0.1, 0.15) is 30.1 Å². The first-order valence-corrected chi connectivity index (χ1v) is 8.15. The first kappa shape index (κ1) is 15.2. The van der Waals surface area contributed by atoms with Gasteiger partial charge >= 0.3 is 0 Å². The van der Waals surface area contributed by atoms with Crippen LogP contribution >= 0.6 is 15.9 Å². The molecule has 3 rings (SSSR count). The number of fused-ring (bicyclic) bond motifs is 1. The van der Waals surface area contributed by atoms with Crippen molar-refractivity contribution in [1.82, 2.24) is 9.88 Å². The summed E-state index contributed by atoms with van der Waals surface area (Å²) in [6, 6.07) is 7.16. The number of H-pyrrole nitrogens is 1. The van der Waals surface area contributed by atoms with Gasteiger partial charge < -0.3 is 15.6 Å². The second-order valence-electron chi connectivity index (χ2n) is 5.84. The van der Waals surface area contributed by atoms with Crippen LogP contribution in [0.3, 0.4) is 0 Å². The van der Waals surface area contributed by atoms with E-state index in [4.69, 9.17) is 5.73 Å². The smallest absolute Gasteiger partial charge is 0.254 e. The molecule has 116 valence electrons. The second kappa shape index (κ2) is 5.85. The molecule has 1 fully saturated rings. The number of rotatable bonds is 1.